The van der Waals surface area contributed by atoms with Crippen LogP contribution in [-0.2, 0) is 11.3 Å². The van der Waals surface area contributed by atoms with Gasteiger partial charge in [-0.3, -0.25) is 4.79 Å². The summed E-state index contributed by atoms with van der Waals surface area (Å²) in [5, 5.41) is 13.9. The number of rotatable bonds is 5. The average molecular weight is 326 g/mol. The highest BCUT2D eigenvalue weighted by atomic mass is 32.1. The van der Waals surface area contributed by atoms with Gasteiger partial charge in [0.1, 0.15) is 5.01 Å². The summed E-state index contributed by atoms with van der Waals surface area (Å²) in [6, 6.07) is 8.45. The van der Waals surface area contributed by atoms with Gasteiger partial charge in [0.2, 0.25) is 11.0 Å². The quantitative estimate of drug-likeness (QED) is 0.777. The van der Waals surface area contributed by atoms with Gasteiger partial charge in [0.25, 0.3) is 0 Å². The van der Waals surface area contributed by atoms with E-state index in [-0.39, 0.29) is 5.91 Å². The average Bonchev–Trinajstić information content (AvgIpc) is 3.15. The molecule has 1 aliphatic rings. The van der Waals surface area contributed by atoms with E-state index >= 15 is 0 Å². The predicted molar refractivity (Wildman–Crippen MR) is 91.8 cm³/mol. The van der Waals surface area contributed by atoms with E-state index in [4.69, 9.17) is 0 Å². The highest BCUT2D eigenvalue weighted by molar-refractivity contribution is 7.15. The number of benzene rings is 1. The lowest BCUT2D eigenvalue weighted by Crippen LogP contribution is -2.14. The molecule has 4 rings (SSSR count). The van der Waals surface area contributed by atoms with Gasteiger partial charge in [-0.05, 0) is 43.4 Å². The van der Waals surface area contributed by atoms with Crippen LogP contribution < -0.4 is 5.32 Å². The molecule has 1 N–H and O–H groups in total. The first kappa shape index (κ1) is 14.4. The van der Waals surface area contributed by atoms with Crippen molar-refractivity contribution in [3.8, 4) is 0 Å². The van der Waals surface area contributed by atoms with Gasteiger partial charge in [0.15, 0.2) is 0 Å². The van der Waals surface area contributed by atoms with Crippen LogP contribution in [0.4, 0.5) is 5.13 Å². The Balaban J connectivity index is 1.38. The van der Waals surface area contributed by atoms with Crippen LogP contribution in [0.25, 0.3) is 10.9 Å². The summed E-state index contributed by atoms with van der Waals surface area (Å²) in [7, 11) is 0. The lowest BCUT2D eigenvalue weighted by molar-refractivity contribution is -0.116. The number of anilines is 1. The van der Waals surface area contributed by atoms with Crippen molar-refractivity contribution in [3.05, 3.63) is 41.0 Å². The molecule has 1 fully saturated rings. The first-order chi connectivity index (χ1) is 11.2. The molecular weight excluding hydrogens is 308 g/mol. The second-order valence-corrected chi connectivity index (χ2v) is 7.10. The fourth-order valence-electron chi connectivity index (χ4n) is 2.70. The number of nitrogens with zero attached hydrogens (tertiary/aromatic N) is 3. The van der Waals surface area contributed by atoms with Gasteiger partial charge < -0.3 is 9.88 Å². The Kier molecular flexibility index (Phi) is 3.61. The molecule has 0 aliphatic heterocycles. The Hall–Kier alpha value is -2.21. The van der Waals surface area contributed by atoms with Crippen molar-refractivity contribution in [1.29, 1.82) is 0 Å². The molecule has 1 aliphatic carbocycles. The first-order valence-electron chi connectivity index (χ1n) is 7.88. The Morgan fingerprint density at radius 1 is 1.35 bits per heavy atom. The zero-order chi connectivity index (χ0) is 15.8. The van der Waals surface area contributed by atoms with E-state index in [9.17, 15) is 4.79 Å². The standard InChI is InChI=1S/C17H18N4OS/c1-11-2-5-14-13(10-11)6-8-21(14)9-7-15(22)18-17-20-19-16(23-17)12-3-4-12/h2,5-6,8,10,12H,3-4,7,9H2,1H3,(H,18,20,22). The summed E-state index contributed by atoms with van der Waals surface area (Å²) in [6.07, 6.45) is 4.86. The number of carbonyl (C=O) groups excluding carboxylic acids is 1. The van der Waals surface area contributed by atoms with Crippen LogP contribution in [0.15, 0.2) is 30.5 Å². The van der Waals surface area contributed by atoms with Crippen LogP contribution >= 0.6 is 11.3 Å². The number of hydrogen-bond donors (Lipinski definition) is 1. The maximum atomic E-state index is 12.1. The molecule has 2 aromatic heterocycles. The summed E-state index contributed by atoms with van der Waals surface area (Å²) >= 11 is 1.50. The molecule has 23 heavy (non-hydrogen) atoms. The van der Waals surface area contributed by atoms with E-state index in [0.29, 0.717) is 24.0 Å². The molecule has 0 saturated heterocycles. The van der Waals surface area contributed by atoms with Crippen molar-refractivity contribution >= 4 is 33.3 Å². The summed E-state index contributed by atoms with van der Waals surface area (Å²) in [6.45, 7) is 2.74. The molecular formula is C17H18N4OS. The maximum Gasteiger partial charge on any atom is 0.227 e. The van der Waals surface area contributed by atoms with Crippen LogP contribution in [0.2, 0.25) is 0 Å². The minimum atomic E-state index is -0.0162. The molecule has 6 heteroatoms. The minimum absolute atomic E-state index is 0.0162. The zero-order valence-corrected chi connectivity index (χ0v) is 13.8. The minimum Gasteiger partial charge on any atom is -0.347 e. The SMILES string of the molecule is Cc1ccc2c(ccn2CCC(=O)Nc2nnc(C3CC3)s2)c1. The Bertz CT molecular complexity index is 862. The Labute approximate surface area is 138 Å². The third-order valence-corrected chi connectivity index (χ3v) is 5.12. The number of carbonyl (C=O) groups is 1. The van der Waals surface area contributed by atoms with Crippen molar-refractivity contribution in [2.24, 2.45) is 0 Å². The largest absolute Gasteiger partial charge is 0.347 e. The van der Waals surface area contributed by atoms with Gasteiger partial charge in [-0.15, -0.1) is 10.2 Å². The fraction of sp³-hybridized carbons (Fsp3) is 0.353. The van der Waals surface area contributed by atoms with Crippen LogP contribution in [-0.4, -0.2) is 20.7 Å². The lowest BCUT2D eigenvalue weighted by atomic mass is 10.2. The smallest absolute Gasteiger partial charge is 0.227 e. The van der Waals surface area contributed by atoms with Crippen molar-refractivity contribution < 1.29 is 4.79 Å². The zero-order valence-electron chi connectivity index (χ0n) is 13.0. The molecule has 0 atom stereocenters. The molecule has 1 aromatic carbocycles. The van der Waals surface area contributed by atoms with Gasteiger partial charge in [-0.25, -0.2) is 0 Å². The summed E-state index contributed by atoms with van der Waals surface area (Å²) in [4.78, 5) is 12.1. The number of aryl methyl sites for hydroxylation is 2. The highest BCUT2D eigenvalue weighted by Crippen LogP contribution is 2.42. The van der Waals surface area contributed by atoms with Crippen LogP contribution in [0, 0.1) is 6.92 Å². The Morgan fingerprint density at radius 3 is 3.04 bits per heavy atom. The predicted octanol–water partition coefficient (Wildman–Crippen LogP) is 3.71. The van der Waals surface area contributed by atoms with Gasteiger partial charge in [0.05, 0.1) is 0 Å². The van der Waals surface area contributed by atoms with Gasteiger partial charge in [0, 0.05) is 30.6 Å². The number of hydrogen-bond acceptors (Lipinski definition) is 4. The molecule has 1 amide bonds. The molecule has 5 nitrogen and oxygen atoms in total. The van der Waals surface area contributed by atoms with E-state index in [0.717, 1.165) is 10.5 Å². The number of nitrogens with one attached hydrogen (secondary N) is 1. The van der Waals surface area contributed by atoms with Crippen LogP contribution in [0.3, 0.4) is 0 Å². The molecule has 3 aromatic rings. The number of aromatic nitrogens is 3. The third-order valence-electron chi connectivity index (χ3n) is 4.12. The third kappa shape index (κ3) is 3.12. The molecule has 0 bridgehead atoms. The summed E-state index contributed by atoms with van der Waals surface area (Å²) in [5.74, 6) is 0.560. The van der Waals surface area contributed by atoms with Gasteiger partial charge >= 0.3 is 0 Å². The molecule has 0 unspecified atom stereocenters. The molecule has 1 saturated carbocycles. The van der Waals surface area contributed by atoms with Crippen LogP contribution in [0.5, 0.6) is 0 Å². The van der Waals surface area contributed by atoms with Crippen molar-refractivity contribution in [3.63, 3.8) is 0 Å². The van der Waals surface area contributed by atoms with Gasteiger partial charge in [-0.2, -0.15) is 0 Å². The lowest BCUT2D eigenvalue weighted by Gasteiger charge is -2.05. The second kappa shape index (κ2) is 5.77. The molecule has 0 spiro atoms. The van der Waals surface area contributed by atoms with Crippen LogP contribution in [0.1, 0.15) is 35.8 Å². The summed E-state index contributed by atoms with van der Waals surface area (Å²) < 4.78 is 2.12. The highest BCUT2D eigenvalue weighted by Gasteiger charge is 2.27. The summed E-state index contributed by atoms with van der Waals surface area (Å²) in [5.41, 5.74) is 2.41. The van der Waals surface area contributed by atoms with E-state index < -0.39 is 0 Å². The van der Waals surface area contributed by atoms with Crippen molar-refractivity contribution in [1.82, 2.24) is 14.8 Å². The topological polar surface area (TPSA) is 59.8 Å². The molecule has 0 radical (unpaired) electrons. The van der Waals surface area contributed by atoms with Crippen molar-refractivity contribution in [2.45, 2.75) is 38.6 Å². The first-order valence-corrected chi connectivity index (χ1v) is 8.69. The normalized spacial score (nSPS) is 14.3. The maximum absolute atomic E-state index is 12.1. The van der Waals surface area contributed by atoms with E-state index in [1.165, 1.54) is 35.1 Å². The van der Waals surface area contributed by atoms with E-state index in [2.05, 4.69) is 51.3 Å². The second-order valence-electron chi connectivity index (χ2n) is 6.09. The fourth-order valence-corrected chi connectivity index (χ4v) is 3.63. The molecule has 2 heterocycles. The van der Waals surface area contributed by atoms with Gasteiger partial charge in [-0.1, -0.05) is 23.0 Å². The van der Waals surface area contributed by atoms with Crippen molar-refractivity contribution in [2.75, 3.05) is 5.32 Å². The monoisotopic (exact) mass is 326 g/mol. The molecule has 118 valence electrons. The number of fused-ring (bicyclic) bond motifs is 1. The van der Waals surface area contributed by atoms with E-state index in [1.54, 1.807) is 0 Å². The Morgan fingerprint density at radius 2 is 2.22 bits per heavy atom. The number of amides is 1. The van der Waals surface area contributed by atoms with E-state index in [1.807, 2.05) is 6.20 Å².